The Morgan fingerprint density at radius 3 is 2.46 bits per heavy atom. The summed E-state index contributed by atoms with van der Waals surface area (Å²) in [5.41, 5.74) is -0.245. The summed E-state index contributed by atoms with van der Waals surface area (Å²) < 4.78 is 19.1. The van der Waals surface area contributed by atoms with E-state index in [4.69, 9.17) is 14.2 Å². The number of nitrogens with zero attached hydrogens (tertiary/aromatic N) is 1. The first-order valence-electron chi connectivity index (χ1n) is 13.7. The maximum atomic E-state index is 12.2. The molecule has 0 bridgehead atoms. The lowest BCUT2D eigenvalue weighted by atomic mass is 9.43. The summed E-state index contributed by atoms with van der Waals surface area (Å²) in [4.78, 5) is 16.4. The Labute approximate surface area is 209 Å². The molecule has 6 heteroatoms. The lowest BCUT2D eigenvalue weighted by molar-refractivity contribution is -0.209. The van der Waals surface area contributed by atoms with Crippen molar-refractivity contribution in [2.45, 2.75) is 109 Å². The number of pyridine rings is 1. The van der Waals surface area contributed by atoms with Crippen LogP contribution in [0.2, 0.25) is 0 Å². The van der Waals surface area contributed by atoms with Crippen LogP contribution in [0.3, 0.4) is 0 Å². The monoisotopic (exact) mass is 483 g/mol. The number of hydrogen-bond acceptors (Lipinski definition) is 6. The van der Waals surface area contributed by atoms with Gasteiger partial charge in [-0.1, -0.05) is 19.9 Å². The van der Waals surface area contributed by atoms with Gasteiger partial charge in [0.05, 0.1) is 17.9 Å². The molecule has 192 valence electrons. The average molecular weight is 484 g/mol. The van der Waals surface area contributed by atoms with Gasteiger partial charge in [0.15, 0.2) is 5.79 Å². The van der Waals surface area contributed by atoms with Crippen LogP contribution < -0.4 is 0 Å². The molecule has 0 amide bonds. The first kappa shape index (κ1) is 23.9. The van der Waals surface area contributed by atoms with Gasteiger partial charge in [0.2, 0.25) is 0 Å². The molecule has 0 spiro atoms. The normalized spacial score (nSPS) is 49.9. The molecule has 0 radical (unpaired) electrons. The fourth-order valence-electron chi connectivity index (χ4n) is 9.53. The van der Waals surface area contributed by atoms with Crippen LogP contribution in [0.4, 0.5) is 0 Å². The summed E-state index contributed by atoms with van der Waals surface area (Å²) in [6, 6.07) is 5.90. The second kappa shape index (κ2) is 7.75. The van der Waals surface area contributed by atoms with Gasteiger partial charge in [-0.15, -0.1) is 0 Å². The summed E-state index contributed by atoms with van der Waals surface area (Å²) in [5, 5.41) is 12.2. The third-order valence-electron chi connectivity index (χ3n) is 11.1. The molecule has 1 unspecified atom stereocenters. The molecule has 5 fully saturated rings. The Morgan fingerprint density at radius 2 is 1.74 bits per heavy atom. The predicted molar refractivity (Wildman–Crippen MR) is 130 cm³/mol. The zero-order valence-corrected chi connectivity index (χ0v) is 21.8. The lowest BCUT2D eigenvalue weighted by Gasteiger charge is -2.63. The summed E-state index contributed by atoms with van der Waals surface area (Å²) in [6.45, 7) is 10.3. The Balaban J connectivity index is 1.39. The molecule has 35 heavy (non-hydrogen) atoms. The average Bonchev–Trinajstić information content (AvgIpc) is 3.28. The fourth-order valence-corrected chi connectivity index (χ4v) is 9.53. The van der Waals surface area contributed by atoms with E-state index in [0.29, 0.717) is 23.7 Å². The molecule has 1 aliphatic heterocycles. The van der Waals surface area contributed by atoms with E-state index in [1.807, 2.05) is 32.0 Å². The van der Waals surface area contributed by atoms with Gasteiger partial charge in [-0.2, -0.15) is 0 Å². The molecule has 5 aliphatic rings. The van der Waals surface area contributed by atoms with E-state index in [-0.39, 0.29) is 35.1 Å². The van der Waals surface area contributed by atoms with Gasteiger partial charge in [-0.25, -0.2) is 0 Å². The van der Waals surface area contributed by atoms with E-state index in [1.54, 1.807) is 6.20 Å². The van der Waals surface area contributed by atoms with Crippen molar-refractivity contribution < 1.29 is 24.1 Å². The molecule has 1 aromatic heterocycles. The molecule has 4 saturated carbocycles. The number of rotatable bonds is 2. The fraction of sp³-hybridized carbons (Fsp3) is 0.793. The minimum absolute atomic E-state index is 0.000129. The molecule has 6 nitrogen and oxygen atoms in total. The minimum atomic E-state index is -0.918. The van der Waals surface area contributed by atoms with Gasteiger partial charge in [0.25, 0.3) is 0 Å². The molecular weight excluding hydrogens is 442 g/mol. The van der Waals surface area contributed by atoms with E-state index >= 15 is 0 Å². The lowest BCUT2D eigenvalue weighted by Crippen LogP contribution is -2.64. The topological polar surface area (TPSA) is 77.9 Å². The van der Waals surface area contributed by atoms with Gasteiger partial charge >= 0.3 is 5.97 Å². The number of fused-ring (bicyclic) bond motifs is 8. The van der Waals surface area contributed by atoms with Crippen LogP contribution >= 0.6 is 0 Å². The Kier molecular flexibility index (Phi) is 5.29. The molecule has 1 aromatic rings. The number of aromatic nitrogens is 1. The Morgan fingerprint density at radius 1 is 1.00 bits per heavy atom. The first-order valence-corrected chi connectivity index (χ1v) is 13.7. The van der Waals surface area contributed by atoms with Crippen molar-refractivity contribution in [3.05, 3.63) is 30.1 Å². The van der Waals surface area contributed by atoms with Crippen molar-refractivity contribution in [2.75, 3.05) is 0 Å². The SMILES string of the molecule is CC(=O)O[C@H]1CC[C@@]2(C)[C@H](C1)[C@H]1OC(C)(C)O[C@@H]1C1[C@@H]2CC[C@@]2(C)[C@H]1CC[C@@]2(O)c1ccccn1. The number of carbonyl (C=O) groups is 1. The number of hydrogen-bond donors (Lipinski definition) is 1. The second-order valence-electron chi connectivity index (χ2n) is 13.0. The van der Waals surface area contributed by atoms with Gasteiger partial charge in [0, 0.05) is 18.5 Å². The van der Waals surface area contributed by atoms with Crippen molar-refractivity contribution in [2.24, 2.45) is 34.5 Å². The molecule has 2 heterocycles. The van der Waals surface area contributed by atoms with Crippen molar-refractivity contribution in [3.63, 3.8) is 0 Å². The molecular formula is C29H41NO5. The third-order valence-corrected chi connectivity index (χ3v) is 11.1. The zero-order valence-electron chi connectivity index (χ0n) is 21.8. The number of esters is 1. The van der Waals surface area contributed by atoms with Crippen LogP contribution in [0.25, 0.3) is 0 Å². The highest BCUT2D eigenvalue weighted by Crippen LogP contribution is 2.71. The van der Waals surface area contributed by atoms with E-state index in [1.165, 1.54) is 6.92 Å². The highest BCUT2D eigenvalue weighted by atomic mass is 16.8. The highest BCUT2D eigenvalue weighted by Gasteiger charge is 2.71. The Bertz CT molecular complexity index is 998. The van der Waals surface area contributed by atoms with Crippen LogP contribution in [-0.2, 0) is 24.6 Å². The second-order valence-corrected chi connectivity index (χ2v) is 13.0. The molecule has 1 saturated heterocycles. The van der Waals surface area contributed by atoms with Crippen molar-refractivity contribution >= 4 is 5.97 Å². The van der Waals surface area contributed by atoms with E-state index in [0.717, 1.165) is 50.6 Å². The zero-order chi connectivity index (χ0) is 24.8. The predicted octanol–water partition coefficient (Wildman–Crippen LogP) is 4.98. The van der Waals surface area contributed by atoms with Crippen LogP contribution in [0, 0.1) is 34.5 Å². The van der Waals surface area contributed by atoms with Gasteiger partial charge in [-0.05, 0) is 100 Å². The highest BCUT2D eigenvalue weighted by molar-refractivity contribution is 5.66. The van der Waals surface area contributed by atoms with Crippen LogP contribution in [0.1, 0.15) is 85.3 Å². The van der Waals surface area contributed by atoms with Gasteiger partial charge in [0.1, 0.15) is 11.7 Å². The van der Waals surface area contributed by atoms with Crippen molar-refractivity contribution in [3.8, 4) is 0 Å². The third kappa shape index (κ3) is 3.31. The molecule has 0 aromatic carbocycles. The minimum Gasteiger partial charge on any atom is -0.463 e. The first-order chi connectivity index (χ1) is 16.5. The number of ether oxygens (including phenoxy) is 3. The molecule has 4 aliphatic carbocycles. The smallest absolute Gasteiger partial charge is 0.302 e. The van der Waals surface area contributed by atoms with E-state index < -0.39 is 11.4 Å². The summed E-state index contributed by atoms with van der Waals surface area (Å²) >= 11 is 0. The Hall–Kier alpha value is -1.50. The standard InChI is InChI=1S/C29H41NO5/c1-17(31)33-18-9-12-27(4)19-10-13-28(5)20(11-14-29(28,32)22-8-6-7-15-30-22)23(19)25-24(21(27)16-18)34-26(2,3)35-25/h6-8,15,18-21,23-25,32H,9-14,16H2,1-5H3/t18-,19-,20-,21+,23?,24+,25+,27+,28-,29+/m0/s1. The largest absolute Gasteiger partial charge is 0.463 e. The van der Waals surface area contributed by atoms with Gasteiger partial charge in [-0.3, -0.25) is 9.78 Å². The van der Waals surface area contributed by atoms with Crippen LogP contribution in [-0.4, -0.2) is 40.2 Å². The maximum absolute atomic E-state index is 12.2. The summed E-state index contributed by atoms with van der Waals surface area (Å²) in [5.74, 6) is 0.666. The van der Waals surface area contributed by atoms with Crippen LogP contribution in [0.15, 0.2) is 24.4 Å². The quantitative estimate of drug-likeness (QED) is 0.598. The van der Waals surface area contributed by atoms with Crippen LogP contribution in [0.5, 0.6) is 0 Å². The maximum Gasteiger partial charge on any atom is 0.302 e. The summed E-state index contributed by atoms with van der Waals surface area (Å²) in [6.07, 6.45) is 8.34. The molecule has 10 atom stereocenters. The summed E-state index contributed by atoms with van der Waals surface area (Å²) in [7, 11) is 0. The van der Waals surface area contributed by atoms with Gasteiger partial charge < -0.3 is 19.3 Å². The van der Waals surface area contributed by atoms with E-state index in [9.17, 15) is 9.90 Å². The molecule has 6 rings (SSSR count). The van der Waals surface area contributed by atoms with E-state index in [2.05, 4.69) is 18.8 Å². The number of carbonyl (C=O) groups excluding carboxylic acids is 1. The van der Waals surface area contributed by atoms with Crippen molar-refractivity contribution in [1.82, 2.24) is 4.98 Å². The molecule has 1 N–H and O–H groups in total. The van der Waals surface area contributed by atoms with Crippen molar-refractivity contribution in [1.29, 1.82) is 0 Å². The number of aliphatic hydroxyl groups is 1.